The van der Waals surface area contributed by atoms with Crippen molar-refractivity contribution in [3.05, 3.63) is 21.8 Å². The van der Waals surface area contributed by atoms with E-state index in [4.69, 9.17) is 0 Å². The van der Waals surface area contributed by atoms with Gasteiger partial charge in [0.15, 0.2) is 0 Å². The normalized spacial score (nSPS) is 12.0. The molecule has 0 saturated carbocycles. The van der Waals surface area contributed by atoms with Crippen LogP contribution in [0.3, 0.4) is 0 Å². The van der Waals surface area contributed by atoms with Gasteiger partial charge in [-0.15, -0.1) is 0 Å². The van der Waals surface area contributed by atoms with Crippen LogP contribution in [0.2, 0.25) is 0 Å². The molecule has 0 saturated heterocycles. The largest absolute Gasteiger partial charge is 0.452 e. The maximum absolute atomic E-state index is 12.2. The lowest BCUT2D eigenvalue weighted by atomic mass is 10.6. The quantitative estimate of drug-likeness (QED) is 0.745. The number of alkyl halides is 3. The summed E-state index contributed by atoms with van der Waals surface area (Å²) in [7, 11) is 0. The number of aromatic nitrogens is 4. The van der Waals surface area contributed by atoms with Gasteiger partial charge in [-0.25, -0.2) is 4.68 Å². The molecule has 0 aliphatic rings. The minimum atomic E-state index is -4.50. The molecular formula is C6H2F3IN4S. The van der Waals surface area contributed by atoms with Crippen LogP contribution in [0.1, 0.15) is 5.82 Å². The first-order valence-electron chi connectivity index (χ1n) is 3.58. The summed E-state index contributed by atoms with van der Waals surface area (Å²) < 4.78 is 41.8. The summed E-state index contributed by atoms with van der Waals surface area (Å²) in [5, 5.41) is 3.93. The smallest absolute Gasteiger partial charge is 0.211 e. The molecule has 0 aliphatic carbocycles. The lowest BCUT2D eigenvalue weighted by molar-refractivity contribution is -0.144. The predicted octanol–water partition coefficient (Wildman–Crippen LogP) is 2.35. The summed E-state index contributed by atoms with van der Waals surface area (Å²) in [6.07, 6.45) is -1.41. The summed E-state index contributed by atoms with van der Waals surface area (Å²) in [5.74, 6) is -1.13. The molecule has 2 heterocycles. The Labute approximate surface area is 99.4 Å². The molecule has 0 amide bonds. The van der Waals surface area contributed by atoms with Crippen molar-refractivity contribution in [3.8, 4) is 5.13 Å². The van der Waals surface area contributed by atoms with E-state index in [1.165, 1.54) is 10.9 Å². The molecule has 4 nitrogen and oxygen atoms in total. The Morgan fingerprint density at radius 3 is 2.60 bits per heavy atom. The van der Waals surface area contributed by atoms with Crippen LogP contribution in [0, 0.1) is 3.57 Å². The van der Waals surface area contributed by atoms with Gasteiger partial charge in [0.2, 0.25) is 11.0 Å². The van der Waals surface area contributed by atoms with Crippen LogP contribution in [0.4, 0.5) is 13.2 Å². The summed E-state index contributed by atoms with van der Waals surface area (Å²) in [6.45, 7) is 0. The Morgan fingerprint density at radius 2 is 2.13 bits per heavy atom. The molecule has 0 atom stereocenters. The zero-order valence-electron chi connectivity index (χ0n) is 6.86. The summed E-state index contributed by atoms with van der Waals surface area (Å²) in [4.78, 5) is 3.34. The molecule has 0 radical (unpaired) electrons. The van der Waals surface area contributed by atoms with E-state index in [1.807, 2.05) is 22.6 Å². The van der Waals surface area contributed by atoms with Crippen molar-refractivity contribution in [1.29, 1.82) is 0 Å². The Bertz CT molecular complexity index is 477. The van der Waals surface area contributed by atoms with E-state index in [1.54, 1.807) is 6.20 Å². The Balaban J connectivity index is 2.36. The van der Waals surface area contributed by atoms with Gasteiger partial charge in [-0.2, -0.15) is 27.6 Å². The van der Waals surface area contributed by atoms with E-state index >= 15 is 0 Å². The molecule has 9 heteroatoms. The van der Waals surface area contributed by atoms with Gasteiger partial charge in [0.25, 0.3) is 0 Å². The molecule has 80 valence electrons. The van der Waals surface area contributed by atoms with Crippen LogP contribution in [0.15, 0.2) is 12.4 Å². The second-order valence-corrected chi connectivity index (χ2v) is 4.48. The van der Waals surface area contributed by atoms with Crippen LogP contribution in [-0.4, -0.2) is 19.1 Å². The molecule has 15 heavy (non-hydrogen) atoms. The third kappa shape index (κ3) is 2.27. The maximum atomic E-state index is 12.2. The van der Waals surface area contributed by atoms with Gasteiger partial charge in [0.1, 0.15) is 0 Å². The predicted molar refractivity (Wildman–Crippen MR) is 54.8 cm³/mol. The van der Waals surface area contributed by atoms with E-state index in [0.717, 1.165) is 3.57 Å². The highest BCUT2D eigenvalue weighted by Gasteiger charge is 2.36. The standard InChI is InChI=1S/C6H2F3IN4S/c7-6(8,9)4-12-5(15-13-4)14-2-3(10)1-11-14/h1-2H. The molecule has 0 aliphatic heterocycles. The van der Waals surface area contributed by atoms with Crippen molar-refractivity contribution in [2.45, 2.75) is 6.18 Å². The lowest BCUT2D eigenvalue weighted by Crippen LogP contribution is -2.07. The van der Waals surface area contributed by atoms with Crippen molar-refractivity contribution in [2.24, 2.45) is 0 Å². The average Bonchev–Trinajstić information content (AvgIpc) is 2.69. The second-order valence-electron chi connectivity index (χ2n) is 2.50. The summed E-state index contributed by atoms with van der Waals surface area (Å²) in [5.41, 5.74) is 0. The second kappa shape index (κ2) is 3.70. The third-order valence-electron chi connectivity index (χ3n) is 1.42. The minimum absolute atomic E-state index is 0.102. The van der Waals surface area contributed by atoms with Crippen molar-refractivity contribution in [1.82, 2.24) is 19.1 Å². The number of nitrogens with zero attached hydrogens (tertiary/aromatic N) is 4. The van der Waals surface area contributed by atoms with Crippen LogP contribution in [-0.2, 0) is 6.18 Å². The van der Waals surface area contributed by atoms with Gasteiger partial charge in [0, 0.05) is 17.7 Å². The molecule has 2 rings (SSSR count). The van der Waals surface area contributed by atoms with E-state index < -0.39 is 12.0 Å². The number of rotatable bonds is 1. The van der Waals surface area contributed by atoms with Crippen LogP contribution < -0.4 is 0 Å². The molecule has 2 aromatic heterocycles. The van der Waals surface area contributed by atoms with Crippen molar-refractivity contribution in [3.63, 3.8) is 0 Å². The summed E-state index contributed by atoms with van der Waals surface area (Å²) >= 11 is 2.66. The Morgan fingerprint density at radius 1 is 1.40 bits per heavy atom. The summed E-state index contributed by atoms with van der Waals surface area (Å²) in [6, 6.07) is 0. The lowest BCUT2D eigenvalue weighted by Gasteiger charge is -1.97. The topological polar surface area (TPSA) is 43.6 Å². The first-order chi connectivity index (χ1) is 6.97. The van der Waals surface area contributed by atoms with Gasteiger partial charge >= 0.3 is 6.18 Å². The van der Waals surface area contributed by atoms with Gasteiger partial charge in [-0.1, -0.05) is 0 Å². The Hall–Kier alpha value is -0.710. The van der Waals surface area contributed by atoms with E-state index in [9.17, 15) is 13.2 Å². The van der Waals surface area contributed by atoms with Gasteiger partial charge in [-0.3, -0.25) is 0 Å². The number of hydrogen-bond donors (Lipinski definition) is 0. The fourth-order valence-corrected chi connectivity index (χ4v) is 1.84. The molecular weight excluding hydrogens is 344 g/mol. The third-order valence-corrected chi connectivity index (χ3v) is 2.68. The highest BCUT2D eigenvalue weighted by molar-refractivity contribution is 14.1. The van der Waals surface area contributed by atoms with Crippen molar-refractivity contribution in [2.75, 3.05) is 0 Å². The van der Waals surface area contributed by atoms with Crippen molar-refractivity contribution < 1.29 is 13.2 Å². The molecule has 0 spiro atoms. The fourth-order valence-electron chi connectivity index (χ4n) is 0.829. The highest BCUT2D eigenvalue weighted by Crippen LogP contribution is 2.28. The molecule has 0 bridgehead atoms. The van der Waals surface area contributed by atoms with Crippen molar-refractivity contribution >= 4 is 34.1 Å². The SMILES string of the molecule is FC(F)(F)c1nsc(-n2cc(I)cn2)n1. The number of hydrogen-bond acceptors (Lipinski definition) is 4. The monoisotopic (exact) mass is 346 g/mol. The molecule has 0 aromatic carbocycles. The van der Waals surface area contributed by atoms with Crippen LogP contribution >= 0.6 is 34.1 Å². The molecule has 0 unspecified atom stereocenters. The first kappa shape index (κ1) is 10.8. The number of halogens is 4. The maximum Gasteiger partial charge on any atom is 0.452 e. The average molecular weight is 346 g/mol. The molecule has 0 N–H and O–H groups in total. The van der Waals surface area contributed by atoms with Gasteiger partial charge in [0.05, 0.1) is 9.77 Å². The zero-order valence-corrected chi connectivity index (χ0v) is 9.84. The van der Waals surface area contributed by atoms with E-state index in [2.05, 4.69) is 14.5 Å². The molecule has 2 aromatic rings. The first-order valence-corrected chi connectivity index (χ1v) is 5.43. The minimum Gasteiger partial charge on any atom is -0.211 e. The van der Waals surface area contributed by atoms with Crippen LogP contribution in [0.25, 0.3) is 5.13 Å². The van der Waals surface area contributed by atoms with E-state index in [-0.39, 0.29) is 5.13 Å². The fraction of sp³-hybridized carbons (Fsp3) is 0.167. The molecule has 0 fully saturated rings. The van der Waals surface area contributed by atoms with Gasteiger partial charge in [-0.05, 0) is 22.6 Å². The van der Waals surface area contributed by atoms with Crippen LogP contribution in [0.5, 0.6) is 0 Å². The Kier molecular flexibility index (Phi) is 2.66. The zero-order chi connectivity index (χ0) is 11.1. The van der Waals surface area contributed by atoms with E-state index in [0.29, 0.717) is 11.5 Å². The highest BCUT2D eigenvalue weighted by atomic mass is 127. The van der Waals surface area contributed by atoms with Gasteiger partial charge < -0.3 is 0 Å².